The average molecular weight is 624 g/mol. The second-order valence-corrected chi connectivity index (χ2v) is 12.8. The Bertz CT molecular complexity index is 1610. The van der Waals surface area contributed by atoms with Crippen molar-refractivity contribution in [1.29, 1.82) is 0 Å². The normalized spacial score (nSPS) is 20.2. The Hall–Kier alpha value is -4.09. The predicted octanol–water partition coefficient (Wildman–Crippen LogP) is 3.93. The van der Waals surface area contributed by atoms with Crippen molar-refractivity contribution in [1.82, 2.24) is 26.1 Å². The zero-order chi connectivity index (χ0) is 31.9. The van der Waals surface area contributed by atoms with Gasteiger partial charge in [0, 0.05) is 22.7 Å². The van der Waals surface area contributed by atoms with Crippen molar-refractivity contribution in [2.24, 2.45) is 17.6 Å². The van der Waals surface area contributed by atoms with Gasteiger partial charge in [0.2, 0.25) is 5.91 Å². The van der Waals surface area contributed by atoms with Gasteiger partial charge in [-0.1, -0.05) is 36.4 Å². The average Bonchev–Trinajstić information content (AvgIpc) is 3.57. The number of hydrogen-bond acceptors (Lipinski definition) is 7. The maximum absolute atomic E-state index is 13.7. The van der Waals surface area contributed by atoms with Gasteiger partial charge in [0.25, 0.3) is 5.91 Å². The van der Waals surface area contributed by atoms with Crippen molar-refractivity contribution in [2.75, 3.05) is 25.0 Å². The lowest BCUT2D eigenvalue weighted by atomic mass is 9.81. The minimum atomic E-state index is -0.809. The third-order valence-electron chi connectivity index (χ3n) is 9.59. The molecule has 1 aromatic heterocycles. The van der Waals surface area contributed by atoms with E-state index in [1.54, 1.807) is 6.20 Å². The van der Waals surface area contributed by atoms with Crippen molar-refractivity contribution in [3.05, 3.63) is 84.1 Å². The monoisotopic (exact) mass is 623 g/mol. The number of benzene rings is 3. The lowest BCUT2D eigenvalue weighted by molar-refractivity contribution is -0.119. The molecule has 0 bridgehead atoms. The zero-order valence-corrected chi connectivity index (χ0v) is 26.2. The number of carbonyl (C=O) groups is 2. The van der Waals surface area contributed by atoms with Crippen LogP contribution in [0.3, 0.4) is 0 Å². The highest BCUT2D eigenvalue weighted by molar-refractivity contribution is 5.97. The number of H-pyrrole nitrogens is 1. The molecule has 1 saturated heterocycles. The SMILES string of the molecule is NCC1CCC(C(O)NC(Cc2cccc(-c3ccc(C(=O)NC4CCNCC4)cc3)c2)C(=O)Nc2ccc3cn[nH]c3c2)CC1. The second-order valence-electron chi connectivity index (χ2n) is 12.8. The molecule has 0 spiro atoms. The molecular weight excluding hydrogens is 578 g/mol. The van der Waals surface area contributed by atoms with E-state index in [1.807, 2.05) is 60.7 Å². The van der Waals surface area contributed by atoms with Crippen LogP contribution in [0.2, 0.25) is 0 Å². The summed E-state index contributed by atoms with van der Waals surface area (Å²) in [5.41, 5.74) is 11.0. The van der Waals surface area contributed by atoms with E-state index in [9.17, 15) is 14.7 Å². The Labute approximate surface area is 269 Å². The van der Waals surface area contributed by atoms with Gasteiger partial charge in [-0.15, -0.1) is 0 Å². The number of nitrogens with two attached hydrogens (primary N) is 1. The first kappa shape index (κ1) is 31.9. The van der Waals surface area contributed by atoms with Crippen LogP contribution >= 0.6 is 0 Å². The van der Waals surface area contributed by atoms with Crippen LogP contribution in [0, 0.1) is 11.8 Å². The van der Waals surface area contributed by atoms with E-state index in [-0.39, 0.29) is 23.8 Å². The fourth-order valence-electron chi connectivity index (χ4n) is 6.72. The van der Waals surface area contributed by atoms with E-state index in [2.05, 4.69) is 37.5 Å². The molecule has 242 valence electrons. The number of fused-ring (bicyclic) bond motifs is 1. The molecule has 10 nitrogen and oxygen atoms in total. The molecule has 2 fully saturated rings. The number of anilines is 1. The first-order chi connectivity index (χ1) is 22.4. The van der Waals surface area contributed by atoms with Gasteiger partial charge in [0.1, 0.15) is 6.23 Å². The van der Waals surface area contributed by atoms with Gasteiger partial charge in [-0.3, -0.25) is 20.0 Å². The van der Waals surface area contributed by atoms with Crippen molar-refractivity contribution in [3.63, 3.8) is 0 Å². The van der Waals surface area contributed by atoms with Crippen LogP contribution in [0.1, 0.15) is 54.4 Å². The number of aromatic nitrogens is 2. The minimum absolute atomic E-state index is 0.0473. The third-order valence-corrected chi connectivity index (χ3v) is 9.59. The molecule has 46 heavy (non-hydrogen) atoms. The Kier molecular flexibility index (Phi) is 10.4. The fraction of sp³-hybridized carbons (Fsp3) is 0.417. The van der Waals surface area contributed by atoms with Crippen LogP contribution < -0.4 is 27.0 Å². The summed E-state index contributed by atoms with van der Waals surface area (Å²) in [5.74, 6) is 0.300. The Balaban J connectivity index is 1.16. The number of aliphatic hydroxyl groups excluding tert-OH is 1. The molecule has 8 N–H and O–H groups in total. The number of nitrogens with one attached hydrogen (secondary N) is 5. The van der Waals surface area contributed by atoms with E-state index in [0.717, 1.165) is 79.2 Å². The maximum Gasteiger partial charge on any atom is 0.251 e. The van der Waals surface area contributed by atoms with Gasteiger partial charge < -0.3 is 26.8 Å². The summed E-state index contributed by atoms with van der Waals surface area (Å²) in [4.78, 5) is 26.5. The summed E-state index contributed by atoms with van der Waals surface area (Å²) in [7, 11) is 0. The van der Waals surface area contributed by atoms with Crippen LogP contribution in [0.5, 0.6) is 0 Å². The lowest BCUT2D eigenvalue weighted by Crippen LogP contribution is -2.50. The number of nitrogens with zero attached hydrogens (tertiary/aromatic N) is 1. The predicted molar refractivity (Wildman–Crippen MR) is 181 cm³/mol. The molecule has 2 heterocycles. The molecule has 6 rings (SSSR count). The van der Waals surface area contributed by atoms with Crippen molar-refractivity contribution >= 4 is 28.4 Å². The number of aromatic amines is 1. The summed E-state index contributed by atoms with van der Waals surface area (Å²) in [6.07, 6.45) is 6.93. The Morgan fingerprint density at radius 2 is 1.72 bits per heavy atom. The molecule has 0 radical (unpaired) electrons. The van der Waals surface area contributed by atoms with Crippen LogP contribution in [0.15, 0.2) is 72.9 Å². The van der Waals surface area contributed by atoms with E-state index in [0.29, 0.717) is 30.1 Å². The first-order valence-corrected chi connectivity index (χ1v) is 16.5. The lowest BCUT2D eigenvalue weighted by Gasteiger charge is -2.33. The largest absolute Gasteiger partial charge is 0.378 e. The van der Waals surface area contributed by atoms with Crippen molar-refractivity contribution in [2.45, 2.75) is 63.3 Å². The van der Waals surface area contributed by atoms with Gasteiger partial charge in [-0.2, -0.15) is 5.10 Å². The van der Waals surface area contributed by atoms with Gasteiger partial charge in [0.15, 0.2) is 0 Å². The quantitative estimate of drug-likeness (QED) is 0.125. The van der Waals surface area contributed by atoms with Crippen LogP contribution in [-0.2, 0) is 11.2 Å². The molecule has 2 unspecified atom stereocenters. The number of amides is 2. The number of carbonyl (C=O) groups excluding carboxylic acids is 2. The molecule has 4 aromatic rings. The highest BCUT2D eigenvalue weighted by Gasteiger charge is 2.30. The Morgan fingerprint density at radius 1 is 0.935 bits per heavy atom. The Morgan fingerprint density at radius 3 is 2.48 bits per heavy atom. The van der Waals surface area contributed by atoms with Crippen molar-refractivity contribution in [3.8, 4) is 11.1 Å². The summed E-state index contributed by atoms with van der Waals surface area (Å²) < 4.78 is 0. The minimum Gasteiger partial charge on any atom is -0.378 e. The third kappa shape index (κ3) is 8.00. The highest BCUT2D eigenvalue weighted by atomic mass is 16.3. The molecule has 3 aromatic carbocycles. The van der Waals surface area contributed by atoms with E-state index in [1.165, 1.54) is 0 Å². The van der Waals surface area contributed by atoms with Crippen LogP contribution in [0.4, 0.5) is 5.69 Å². The summed E-state index contributed by atoms with van der Waals surface area (Å²) in [6, 6.07) is 20.9. The maximum atomic E-state index is 13.7. The van der Waals surface area contributed by atoms with E-state index < -0.39 is 12.3 Å². The molecule has 2 atom stereocenters. The number of hydrogen-bond donors (Lipinski definition) is 7. The first-order valence-electron chi connectivity index (χ1n) is 16.5. The number of aliphatic hydroxyl groups is 1. The molecule has 2 amide bonds. The van der Waals surface area contributed by atoms with Gasteiger partial charge >= 0.3 is 0 Å². The number of piperidine rings is 1. The topological polar surface area (TPSA) is 157 Å². The smallest absolute Gasteiger partial charge is 0.251 e. The molecule has 1 saturated carbocycles. The molecule has 1 aliphatic heterocycles. The fourth-order valence-corrected chi connectivity index (χ4v) is 6.72. The molecule has 10 heteroatoms. The molecule has 2 aliphatic rings. The molecular formula is C36H45N7O3. The van der Waals surface area contributed by atoms with Gasteiger partial charge in [-0.25, -0.2) is 0 Å². The van der Waals surface area contributed by atoms with Crippen LogP contribution in [0.25, 0.3) is 22.0 Å². The molecule has 1 aliphatic carbocycles. The summed E-state index contributed by atoms with van der Waals surface area (Å²) in [5, 5.41) is 32.0. The zero-order valence-electron chi connectivity index (χ0n) is 26.2. The number of rotatable bonds is 11. The van der Waals surface area contributed by atoms with E-state index in [4.69, 9.17) is 5.73 Å². The second kappa shape index (κ2) is 15.0. The van der Waals surface area contributed by atoms with Gasteiger partial charge in [0.05, 0.1) is 17.8 Å². The highest BCUT2D eigenvalue weighted by Crippen LogP contribution is 2.30. The van der Waals surface area contributed by atoms with Crippen molar-refractivity contribution < 1.29 is 14.7 Å². The summed E-state index contributed by atoms with van der Waals surface area (Å²) >= 11 is 0. The summed E-state index contributed by atoms with van der Waals surface area (Å²) in [6.45, 7) is 2.52. The standard InChI is InChI=1S/C36H45N7O3/c37-21-23-4-6-26(7-5-23)35(45)42-33(36(46)41-31-13-12-29-22-39-43-32(29)20-31)19-24-2-1-3-28(18-24)25-8-10-27(11-9-25)34(44)40-30-14-16-38-17-15-30/h1-3,8-13,18,20,22-23,26,30,33,35,38,42,45H,4-7,14-17,19,21,37H2,(H,39,43)(H,40,44)(H,41,46). The van der Waals surface area contributed by atoms with Crippen LogP contribution in [-0.4, -0.2) is 65.1 Å². The van der Waals surface area contributed by atoms with Gasteiger partial charge in [-0.05, 0) is 123 Å². The van der Waals surface area contributed by atoms with E-state index >= 15 is 0 Å².